The molecule has 1 aliphatic carbocycles. The number of ether oxygens (including phenoxy) is 1. The fraction of sp³-hybridized carbons (Fsp3) is 0.143. The first-order valence-corrected chi connectivity index (χ1v) is 8.42. The van der Waals surface area contributed by atoms with E-state index in [-0.39, 0.29) is 11.3 Å². The molecule has 2 aromatic carbocycles. The van der Waals surface area contributed by atoms with E-state index < -0.39 is 12.6 Å². The number of aromatic nitrogens is 1. The smallest absolute Gasteiger partial charge is 0.387 e. The normalized spacial score (nSPS) is 14.7. The number of pyridine rings is 1. The number of nitrogens with zero attached hydrogens (tertiary/aromatic N) is 1. The van der Waals surface area contributed by atoms with Gasteiger partial charge < -0.3 is 14.6 Å². The van der Waals surface area contributed by atoms with Gasteiger partial charge in [0.15, 0.2) is 0 Å². The van der Waals surface area contributed by atoms with E-state index in [9.17, 15) is 18.7 Å². The van der Waals surface area contributed by atoms with Crippen molar-refractivity contribution in [1.82, 2.24) is 4.98 Å². The Bertz CT molecular complexity index is 1080. The molecule has 0 amide bonds. The van der Waals surface area contributed by atoms with Crippen LogP contribution in [0.15, 0.2) is 48.5 Å². The molecule has 0 aliphatic heterocycles. The molecular formula is C21H14F2NO3-. The highest BCUT2D eigenvalue weighted by molar-refractivity contribution is 6.05. The first-order valence-electron chi connectivity index (χ1n) is 8.42. The van der Waals surface area contributed by atoms with Crippen LogP contribution in [-0.4, -0.2) is 17.6 Å². The number of hydrogen-bond acceptors (Lipinski definition) is 4. The third-order valence-electron chi connectivity index (χ3n) is 4.61. The Balaban J connectivity index is 1.88. The van der Waals surface area contributed by atoms with Crippen LogP contribution in [0, 0.1) is 0 Å². The molecule has 0 radical (unpaired) electrons. The Labute approximate surface area is 153 Å². The molecular weight excluding hydrogens is 352 g/mol. The number of allylic oxidation sites excluding steroid dienone is 1. The van der Waals surface area contributed by atoms with E-state index in [0.717, 1.165) is 5.57 Å². The SMILES string of the molecule is O=C([O-])c1c2c(nc3ccccc13)/C(=C/c1ccccc1OC(F)F)CC2. The number of aromatic carboxylic acids is 1. The topological polar surface area (TPSA) is 62.2 Å². The van der Waals surface area contributed by atoms with Crippen LogP contribution < -0.4 is 9.84 Å². The van der Waals surface area contributed by atoms with Gasteiger partial charge in [-0.15, -0.1) is 0 Å². The second-order valence-electron chi connectivity index (χ2n) is 6.20. The third-order valence-corrected chi connectivity index (χ3v) is 4.61. The van der Waals surface area contributed by atoms with Crippen LogP contribution >= 0.6 is 0 Å². The summed E-state index contributed by atoms with van der Waals surface area (Å²) in [7, 11) is 0. The van der Waals surface area contributed by atoms with Gasteiger partial charge in [0.1, 0.15) is 5.75 Å². The summed E-state index contributed by atoms with van der Waals surface area (Å²) in [5.41, 5.74) is 3.16. The minimum Gasteiger partial charge on any atom is -0.545 e. The van der Waals surface area contributed by atoms with E-state index in [1.54, 1.807) is 48.5 Å². The number of benzene rings is 2. The number of carboxylic acid groups (broad SMARTS) is 1. The summed E-state index contributed by atoms with van der Waals surface area (Å²) in [6, 6.07) is 13.5. The van der Waals surface area contributed by atoms with Gasteiger partial charge in [0.25, 0.3) is 0 Å². The van der Waals surface area contributed by atoms with Crippen LogP contribution in [0.2, 0.25) is 0 Å². The molecule has 0 N–H and O–H groups in total. The number of carboxylic acids is 1. The zero-order chi connectivity index (χ0) is 19.0. The minimum absolute atomic E-state index is 0.0642. The molecule has 4 rings (SSSR count). The van der Waals surface area contributed by atoms with Crippen molar-refractivity contribution in [3.63, 3.8) is 0 Å². The lowest BCUT2D eigenvalue weighted by molar-refractivity contribution is -0.254. The van der Waals surface area contributed by atoms with Crippen molar-refractivity contribution in [3.8, 4) is 5.75 Å². The predicted molar refractivity (Wildman–Crippen MR) is 95.3 cm³/mol. The molecule has 4 nitrogen and oxygen atoms in total. The standard InChI is InChI=1S/C21H15F2NO3/c22-21(23)27-17-8-4-1-5-12(17)11-13-9-10-15-18(20(25)26)14-6-2-3-7-16(14)24-19(13)15/h1-8,11,21H,9-10H2,(H,25,26)/p-1/b13-11+. The van der Waals surface area contributed by atoms with Gasteiger partial charge in [0.05, 0.1) is 17.2 Å². The monoisotopic (exact) mass is 366 g/mol. The highest BCUT2D eigenvalue weighted by atomic mass is 19.3. The maximum atomic E-state index is 12.6. The van der Waals surface area contributed by atoms with Crippen molar-refractivity contribution >= 4 is 28.5 Å². The van der Waals surface area contributed by atoms with E-state index in [1.807, 2.05) is 0 Å². The van der Waals surface area contributed by atoms with Crippen LogP contribution in [0.1, 0.15) is 33.6 Å². The van der Waals surface area contributed by atoms with Crippen LogP contribution in [0.5, 0.6) is 5.75 Å². The Morgan fingerprint density at radius 3 is 2.63 bits per heavy atom. The van der Waals surface area contributed by atoms with E-state index >= 15 is 0 Å². The van der Waals surface area contributed by atoms with Gasteiger partial charge in [-0.25, -0.2) is 4.98 Å². The Morgan fingerprint density at radius 2 is 1.85 bits per heavy atom. The molecule has 27 heavy (non-hydrogen) atoms. The van der Waals surface area contributed by atoms with Gasteiger partial charge in [-0.05, 0) is 42.2 Å². The summed E-state index contributed by atoms with van der Waals surface area (Å²) < 4.78 is 29.9. The van der Waals surface area contributed by atoms with Gasteiger partial charge in [-0.2, -0.15) is 8.78 Å². The Morgan fingerprint density at radius 1 is 1.11 bits per heavy atom. The van der Waals surface area contributed by atoms with Crippen LogP contribution in [0.25, 0.3) is 22.6 Å². The van der Waals surface area contributed by atoms with Crippen molar-refractivity contribution in [2.45, 2.75) is 19.5 Å². The highest BCUT2D eigenvalue weighted by Gasteiger charge is 2.24. The predicted octanol–water partition coefficient (Wildman–Crippen LogP) is 3.69. The maximum absolute atomic E-state index is 12.6. The molecule has 1 heterocycles. The molecule has 3 aromatic rings. The first kappa shape index (κ1) is 17.1. The van der Waals surface area contributed by atoms with Gasteiger partial charge in [-0.1, -0.05) is 36.4 Å². The quantitative estimate of drug-likeness (QED) is 0.707. The van der Waals surface area contributed by atoms with Crippen LogP contribution in [0.4, 0.5) is 8.78 Å². The van der Waals surface area contributed by atoms with Crippen molar-refractivity contribution in [3.05, 3.63) is 70.9 Å². The van der Waals surface area contributed by atoms with Crippen molar-refractivity contribution in [2.75, 3.05) is 0 Å². The molecule has 0 unspecified atom stereocenters. The van der Waals surface area contributed by atoms with E-state index in [0.29, 0.717) is 40.6 Å². The summed E-state index contributed by atoms with van der Waals surface area (Å²) in [6.45, 7) is -2.92. The lowest BCUT2D eigenvalue weighted by Crippen LogP contribution is -2.24. The summed E-state index contributed by atoms with van der Waals surface area (Å²) in [5, 5.41) is 12.3. The summed E-state index contributed by atoms with van der Waals surface area (Å²) in [6.07, 6.45) is 2.78. The number of rotatable bonds is 4. The van der Waals surface area contributed by atoms with E-state index in [4.69, 9.17) is 0 Å². The minimum atomic E-state index is -2.92. The van der Waals surface area contributed by atoms with Crippen LogP contribution in [-0.2, 0) is 6.42 Å². The molecule has 1 aromatic heterocycles. The molecule has 0 saturated carbocycles. The molecule has 136 valence electrons. The maximum Gasteiger partial charge on any atom is 0.387 e. The third kappa shape index (κ3) is 3.14. The van der Waals surface area contributed by atoms with Crippen LogP contribution in [0.3, 0.4) is 0 Å². The van der Waals surface area contributed by atoms with E-state index in [1.165, 1.54) is 6.07 Å². The lowest BCUT2D eigenvalue weighted by Gasteiger charge is -2.13. The Kier molecular flexibility index (Phi) is 4.32. The zero-order valence-corrected chi connectivity index (χ0v) is 14.1. The zero-order valence-electron chi connectivity index (χ0n) is 14.1. The fourth-order valence-electron chi connectivity index (χ4n) is 3.50. The highest BCUT2D eigenvalue weighted by Crippen LogP contribution is 2.38. The number of alkyl halides is 2. The van der Waals surface area contributed by atoms with Gasteiger partial charge >= 0.3 is 6.61 Å². The summed E-state index contributed by atoms with van der Waals surface area (Å²) in [5.74, 6) is -1.18. The molecule has 0 spiro atoms. The number of hydrogen-bond donors (Lipinski definition) is 0. The number of carbonyl (C=O) groups excluding carboxylic acids is 1. The average Bonchev–Trinajstić information content (AvgIpc) is 3.03. The molecule has 1 aliphatic rings. The Hall–Kier alpha value is -3.28. The summed E-state index contributed by atoms with van der Waals surface area (Å²) >= 11 is 0. The number of fused-ring (bicyclic) bond motifs is 2. The van der Waals surface area contributed by atoms with Gasteiger partial charge in [0.2, 0.25) is 0 Å². The molecule has 0 bridgehead atoms. The van der Waals surface area contributed by atoms with Crippen molar-refractivity contribution in [1.29, 1.82) is 0 Å². The fourth-order valence-corrected chi connectivity index (χ4v) is 3.50. The molecule has 6 heteroatoms. The van der Waals surface area contributed by atoms with Gasteiger partial charge in [0, 0.05) is 16.5 Å². The van der Waals surface area contributed by atoms with Gasteiger partial charge in [-0.3, -0.25) is 0 Å². The number of carbonyl (C=O) groups is 1. The largest absolute Gasteiger partial charge is 0.545 e. The molecule has 0 fully saturated rings. The first-order chi connectivity index (χ1) is 13.0. The molecule has 0 saturated heterocycles. The lowest BCUT2D eigenvalue weighted by atomic mass is 10.0. The number of halogens is 2. The number of para-hydroxylation sites is 2. The van der Waals surface area contributed by atoms with E-state index in [2.05, 4.69) is 9.72 Å². The average molecular weight is 366 g/mol. The van der Waals surface area contributed by atoms with Crippen molar-refractivity contribution < 1.29 is 23.4 Å². The second-order valence-corrected chi connectivity index (χ2v) is 6.20. The van der Waals surface area contributed by atoms with Crippen molar-refractivity contribution in [2.24, 2.45) is 0 Å². The molecule has 0 atom stereocenters. The summed E-state index contributed by atoms with van der Waals surface area (Å²) in [4.78, 5) is 16.4. The second kappa shape index (κ2) is 6.79.